The van der Waals surface area contributed by atoms with Crippen molar-refractivity contribution in [2.24, 2.45) is 23.0 Å². The number of amides is 1. The van der Waals surface area contributed by atoms with Crippen molar-refractivity contribution in [2.45, 2.75) is 90.4 Å². The molecular formula is C18H33NO. The highest BCUT2D eigenvalue weighted by Crippen LogP contribution is 2.50. The average molecular weight is 279 g/mol. The van der Waals surface area contributed by atoms with Crippen LogP contribution in [-0.4, -0.2) is 5.91 Å². The molecule has 1 amide bonds. The summed E-state index contributed by atoms with van der Waals surface area (Å²) in [6, 6.07) is 0. The highest BCUT2D eigenvalue weighted by molar-refractivity contribution is 5.81. The van der Waals surface area contributed by atoms with E-state index in [-0.39, 0.29) is 11.3 Å². The maximum Gasteiger partial charge on any atom is 0.223 e. The average Bonchev–Trinajstić information content (AvgIpc) is 2.49. The van der Waals surface area contributed by atoms with E-state index in [0.29, 0.717) is 5.92 Å². The Bertz CT molecular complexity index is 299. The first kappa shape index (κ1) is 15.9. The van der Waals surface area contributed by atoms with Crippen molar-refractivity contribution in [3.05, 3.63) is 0 Å². The predicted molar refractivity (Wildman–Crippen MR) is 84.3 cm³/mol. The minimum absolute atomic E-state index is 0.0106. The third-order valence-electron chi connectivity index (χ3n) is 6.09. The van der Waals surface area contributed by atoms with E-state index in [9.17, 15) is 4.79 Å². The zero-order valence-corrected chi connectivity index (χ0v) is 13.3. The van der Waals surface area contributed by atoms with Crippen molar-refractivity contribution >= 4 is 5.91 Å². The van der Waals surface area contributed by atoms with Crippen molar-refractivity contribution < 1.29 is 4.79 Å². The Morgan fingerprint density at radius 1 is 1.05 bits per heavy atom. The molecule has 0 saturated heterocycles. The Labute approximate surface area is 124 Å². The predicted octanol–water partition coefficient (Wildman–Crippen LogP) is 4.81. The van der Waals surface area contributed by atoms with Crippen LogP contribution in [0.4, 0.5) is 0 Å². The number of hydrogen-bond acceptors (Lipinski definition) is 1. The van der Waals surface area contributed by atoms with Crippen molar-refractivity contribution in [3.8, 4) is 0 Å². The van der Waals surface area contributed by atoms with E-state index in [4.69, 9.17) is 5.73 Å². The molecule has 0 aromatic heterocycles. The lowest BCUT2D eigenvalue weighted by Gasteiger charge is -2.45. The first-order valence-electron chi connectivity index (χ1n) is 8.99. The summed E-state index contributed by atoms with van der Waals surface area (Å²) in [5, 5.41) is 0. The zero-order chi connectivity index (χ0) is 14.4. The number of primary amides is 1. The van der Waals surface area contributed by atoms with Gasteiger partial charge in [-0.2, -0.15) is 0 Å². The first-order chi connectivity index (χ1) is 9.69. The number of rotatable bonds is 6. The molecule has 0 atom stereocenters. The number of nitrogens with two attached hydrogens (primary N) is 1. The monoisotopic (exact) mass is 279 g/mol. The maximum atomic E-state index is 12.2. The molecule has 2 fully saturated rings. The lowest BCUT2D eigenvalue weighted by atomic mass is 9.59. The van der Waals surface area contributed by atoms with Gasteiger partial charge in [0.15, 0.2) is 0 Å². The van der Waals surface area contributed by atoms with Gasteiger partial charge in [0.2, 0.25) is 5.91 Å². The number of unbranched alkanes of at least 4 members (excludes halogenated alkanes) is 2. The summed E-state index contributed by atoms with van der Waals surface area (Å²) in [7, 11) is 0. The van der Waals surface area contributed by atoms with E-state index in [1.165, 1.54) is 70.6 Å². The van der Waals surface area contributed by atoms with Crippen molar-refractivity contribution in [1.82, 2.24) is 0 Å². The Kier molecular flexibility index (Phi) is 5.92. The van der Waals surface area contributed by atoms with E-state index in [0.717, 1.165) is 18.8 Å². The second-order valence-electron chi connectivity index (χ2n) is 7.29. The molecule has 2 N–H and O–H groups in total. The van der Waals surface area contributed by atoms with Crippen molar-refractivity contribution in [2.75, 3.05) is 0 Å². The molecule has 20 heavy (non-hydrogen) atoms. The van der Waals surface area contributed by atoms with Gasteiger partial charge in [-0.25, -0.2) is 0 Å². The summed E-state index contributed by atoms with van der Waals surface area (Å²) < 4.78 is 0. The second-order valence-corrected chi connectivity index (χ2v) is 7.29. The molecule has 2 saturated carbocycles. The molecule has 0 spiro atoms. The summed E-state index contributed by atoms with van der Waals surface area (Å²) in [5.74, 6) is 1.46. The summed E-state index contributed by atoms with van der Waals surface area (Å²) in [5.41, 5.74) is 5.72. The Balaban J connectivity index is 1.90. The molecule has 2 rings (SSSR count). The van der Waals surface area contributed by atoms with Gasteiger partial charge < -0.3 is 5.73 Å². The fourth-order valence-electron chi connectivity index (χ4n) is 4.68. The summed E-state index contributed by atoms with van der Waals surface area (Å²) in [6.45, 7) is 2.27. The van der Waals surface area contributed by atoms with E-state index in [1.807, 2.05) is 0 Å². The van der Waals surface area contributed by atoms with Gasteiger partial charge in [0.25, 0.3) is 0 Å². The molecule has 0 aromatic carbocycles. The van der Waals surface area contributed by atoms with Crippen molar-refractivity contribution in [1.29, 1.82) is 0 Å². The lowest BCUT2D eigenvalue weighted by Crippen LogP contribution is -2.46. The molecule has 0 aliphatic heterocycles. The SMILES string of the molecule is CCCCCC1CCC(C(N)=O)(C2CCCCC2)CC1. The van der Waals surface area contributed by atoms with Gasteiger partial charge in [-0.15, -0.1) is 0 Å². The Morgan fingerprint density at radius 2 is 1.70 bits per heavy atom. The van der Waals surface area contributed by atoms with E-state index in [2.05, 4.69) is 6.92 Å². The molecule has 2 aliphatic rings. The van der Waals surface area contributed by atoms with Crippen LogP contribution in [0.25, 0.3) is 0 Å². The fraction of sp³-hybridized carbons (Fsp3) is 0.944. The van der Waals surface area contributed by atoms with Crippen LogP contribution >= 0.6 is 0 Å². The van der Waals surface area contributed by atoms with Gasteiger partial charge >= 0.3 is 0 Å². The minimum Gasteiger partial charge on any atom is -0.369 e. The molecule has 0 radical (unpaired) electrons. The maximum absolute atomic E-state index is 12.2. The molecular weight excluding hydrogens is 246 g/mol. The van der Waals surface area contributed by atoms with Crippen LogP contribution in [0.15, 0.2) is 0 Å². The lowest BCUT2D eigenvalue weighted by molar-refractivity contribution is -0.135. The normalized spacial score (nSPS) is 32.1. The van der Waals surface area contributed by atoms with E-state index in [1.54, 1.807) is 0 Å². The molecule has 0 aromatic rings. The first-order valence-corrected chi connectivity index (χ1v) is 8.99. The van der Waals surface area contributed by atoms with Crippen LogP contribution in [0.5, 0.6) is 0 Å². The van der Waals surface area contributed by atoms with Gasteiger partial charge in [-0.05, 0) is 50.4 Å². The van der Waals surface area contributed by atoms with Crippen LogP contribution in [0.3, 0.4) is 0 Å². The smallest absolute Gasteiger partial charge is 0.223 e. The molecule has 0 unspecified atom stereocenters. The topological polar surface area (TPSA) is 43.1 Å². The Hall–Kier alpha value is -0.530. The summed E-state index contributed by atoms with van der Waals surface area (Å²) >= 11 is 0. The van der Waals surface area contributed by atoms with E-state index >= 15 is 0 Å². The van der Waals surface area contributed by atoms with Gasteiger partial charge in [0.05, 0.1) is 5.41 Å². The number of hydrogen-bond donors (Lipinski definition) is 1. The highest BCUT2D eigenvalue weighted by atomic mass is 16.1. The summed E-state index contributed by atoms with van der Waals surface area (Å²) in [6.07, 6.45) is 16.5. The second kappa shape index (κ2) is 7.47. The fourth-order valence-corrected chi connectivity index (χ4v) is 4.68. The third-order valence-corrected chi connectivity index (χ3v) is 6.09. The largest absolute Gasteiger partial charge is 0.369 e. The molecule has 0 heterocycles. The molecule has 2 nitrogen and oxygen atoms in total. The quantitative estimate of drug-likeness (QED) is 0.697. The molecule has 116 valence electrons. The Morgan fingerprint density at radius 3 is 2.25 bits per heavy atom. The van der Waals surface area contributed by atoms with Crippen LogP contribution in [0.1, 0.15) is 90.4 Å². The van der Waals surface area contributed by atoms with Gasteiger partial charge in [-0.1, -0.05) is 51.9 Å². The van der Waals surface area contributed by atoms with Crippen LogP contribution in [-0.2, 0) is 4.79 Å². The van der Waals surface area contributed by atoms with Crippen LogP contribution < -0.4 is 5.73 Å². The van der Waals surface area contributed by atoms with E-state index < -0.39 is 0 Å². The van der Waals surface area contributed by atoms with Gasteiger partial charge in [0, 0.05) is 0 Å². The standard InChI is InChI=1S/C18H33NO/c1-2-3-5-8-15-11-13-18(14-12-15,17(19)20)16-9-6-4-7-10-16/h15-16H,2-14H2,1H3,(H2,19,20). The molecule has 0 bridgehead atoms. The van der Waals surface area contributed by atoms with Crippen LogP contribution in [0, 0.1) is 17.3 Å². The summed E-state index contributed by atoms with van der Waals surface area (Å²) in [4.78, 5) is 12.2. The number of carbonyl (C=O) groups excluding carboxylic acids is 1. The van der Waals surface area contributed by atoms with Crippen LogP contribution in [0.2, 0.25) is 0 Å². The number of carbonyl (C=O) groups is 1. The third kappa shape index (κ3) is 3.56. The molecule has 2 heteroatoms. The van der Waals surface area contributed by atoms with Crippen molar-refractivity contribution in [3.63, 3.8) is 0 Å². The zero-order valence-electron chi connectivity index (χ0n) is 13.3. The van der Waals surface area contributed by atoms with Gasteiger partial charge in [0.1, 0.15) is 0 Å². The molecule has 2 aliphatic carbocycles. The highest BCUT2D eigenvalue weighted by Gasteiger charge is 2.46. The van der Waals surface area contributed by atoms with Gasteiger partial charge in [-0.3, -0.25) is 4.79 Å². The minimum atomic E-state index is -0.137.